The van der Waals surface area contributed by atoms with Gasteiger partial charge in [0.05, 0.1) is 0 Å². The monoisotopic (exact) mass is 399 g/mol. The van der Waals surface area contributed by atoms with Gasteiger partial charge < -0.3 is 5.32 Å². The summed E-state index contributed by atoms with van der Waals surface area (Å²) in [5.74, 6) is -1.86. The van der Waals surface area contributed by atoms with Crippen molar-refractivity contribution in [2.45, 2.75) is 0 Å². The Bertz CT molecular complexity index is 1420. The molecule has 2 heterocycles. The summed E-state index contributed by atoms with van der Waals surface area (Å²) in [4.78, 5) is 17.5. The first-order chi connectivity index (χ1) is 14.6. The molecule has 2 aromatic heterocycles. The van der Waals surface area contributed by atoms with E-state index in [1.165, 1.54) is 6.07 Å². The zero-order valence-electron chi connectivity index (χ0n) is 15.6. The number of hydrogen-bond acceptors (Lipinski definition) is 2. The molecule has 1 amide bonds. The summed E-state index contributed by atoms with van der Waals surface area (Å²) in [6.07, 6.45) is 1.75. The van der Waals surface area contributed by atoms with Crippen LogP contribution in [0.5, 0.6) is 0 Å². The summed E-state index contributed by atoms with van der Waals surface area (Å²) in [7, 11) is 0. The molecular weight excluding hydrogens is 384 g/mol. The fourth-order valence-electron chi connectivity index (χ4n) is 3.47. The van der Waals surface area contributed by atoms with Crippen molar-refractivity contribution in [2.24, 2.45) is 0 Å². The number of benzene rings is 3. The molecule has 0 atom stereocenters. The summed E-state index contributed by atoms with van der Waals surface area (Å²) in [6.45, 7) is 0. The predicted molar refractivity (Wildman–Crippen MR) is 112 cm³/mol. The zero-order chi connectivity index (χ0) is 20.7. The lowest BCUT2D eigenvalue weighted by Crippen LogP contribution is -2.14. The highest BCUT2D eigenvalue weighted by Crippen LogP contribution is 2.30. The molecule has 3 aromatic carbocycles. The van der Waals surface area contributed by atoms with Gasteiger partial charge in [0, 0.05) is 17.3 Å². The van der Waals surface area contributed by atoms with Crippen LogP contribution in [-0.2, 0) is 0 Å². The van der Waals surface area contributed by atoms with Crippen molar-refractivity contribution < 1.29 is 13.6 Å². The van der Waals surface area contributed by atoms with E-state index in [2.05, 4.69) is 10.3 Å². The molecule has 6 heteroatoms. The molecule has 0 aliphatic heterocycles. The van der Waals surface area contributed by atoms with Crippen molar-refractivity contribution in [3.63, 3.8) is 0 Å². The Kier molecular flexibility index (Phi) is 4.25. The molecule has 4 nitrogen and oxygen atoms in total. The van der Waals surface area contributed by atoms with Gasteiger partial charge in [0.15, 0.2) is 11.6 Å². The zero-order valence-corrected chi connectivity index (χ0v) is 15.6. The maximum absolute atomic E-state index is 13.8. The first-order valence-electron chi connectivity index (χ1n) is 9.33. The number of hydrogen-bond donors (Lipinski definition) is 1. The van der Waals surface area contributed by atoms with Crippen molar-refractivity contribution in [2.75, 3.05) is 5.32 Å². The van der Waals surface area contributed by atoms with E-state index in [9.17, 15) is 13.6 Å². The van der Waals surface area contributed by atoms with Crippen LogP contribution >= 0.6 is 0 Å². The summed E-state index contributed by atoms with van der Waals surface area (Å²) in [5, 5.41) is 4.87. The number of nitrogens with one attached hydrogen (secondary N) is 1. The van der Waals surface area contributed by atoms with Crippen molar-refractivity contribution >= 4 is 28.1 Å². The number of fused-ring (bicyclic) bond motifs is 2. The lowest BCUT2D eigenvalue weighted by atomic mass is 10.1. The maximum atomic E-state index is 13.8. The number of halogens is 2. The number of anilines is 1. The maximum Gasteiger partial charge on any atom is 0.256 e. The van der Waals surface area contributed by atoms with Crippen LogP contribution in [0.15, 0.2) is 85.1 Å². The molecule has 0 saturated heterocycles. The molecule has 1 N–H and O–H groups in total. The summed E-state index contributed by atoms with van der Waals surface area (Å²) in [5.41, 5.74) is 1.78. The van der Waals surface area contributed by atoms with Crippen LogP contribution in [0, 0.1) is 11.6 Å². The minimum atomic E-state index is -0.976. The fourth-order valence-corrected chi connectivity index (χ4v) is 3.47. The van der Waals surface area contributed by atoms with E-state index in [0.717, 1.165) is 22.9 Å². The molecule has 0 spiro atoms. The molecule has 0 unspecified atom stereocenters. The number of carbonyl (C=O) groups excluding carboxylic acids is 1. The van der Waals surface area contributed by atoms with E-state index >= 15 is 0 Å². The molecule has 0 saturated carbocycles. The second-order valence-electron chi connectivity index (χ2n) is 6.88. The minimum absolute atomic E-state index is 0.324. The standard InChI is InChI=1S/C24H15F2N3O/c25-19-11-10-17(14-20(19)26)22-23(29-12-4-3-7-21(29)27-22)28-24(30)18-9-8-15-5-1-2-6-16(15)13-18/h1-14H,(H,28,30). The SMILES string of the molecule is O=C(Nc1c(-c2ccc(F)c(F)c2)nc2ccccn12)c1ccc2ccccc2c1. The van der Waals surface area contributed by atoms with Gasteiger partial charge in [-0.1, -0.05) is 36.4 Å². The lowest BCUT2D eigenvalue weighted by Gasteiger charge is -2.09. The molecule has 0 bridgehead atoms. The predicted octanol–water partition coefficient (Wildman–Crippen LogP) is 5.69. The smallest absolute Gasteiger partial charge is 0.256 e. The van der Waals surface area contributed by atoms with Crippen molar-refractivity contribution in [3.8, 4) is 11.3 Å². The van der Waals surface area contributed by atoms with Crippen molar-refractivity contribution in [1.82, 2.24) is 9.38 Å². The Morgan fingerprint density at radius 1 is 0.833 bits per heavy atom. The van der Waals surface area contributed by atoms with Crippen molar-refractivity contribution in [1.29, 1.82) is 0 Å². The van der Waals surface area contributed by atoms with E-state index in [1.54, 1.807) is 28.8 Å². The molecular formula is C24H15F2N3O. The third-order valence-corrected chi connectivity index (χ3v) is 4.97. The van der Waals surface area contributed by atoms with Crippen LogP contribution in [0.1, 0.15) is 10.4 Å². The first-order valence-corrected chi connectivity index (χ1v) is 9.33. The van der Waals surface area contributed by atoms with Crippen LogP contribution in [0.4, 0.5) is 14.6 Å². The molecule has 146 valence electrons. The van der Waals surface area contributed by atoms with Crippen LogP contribution < -0.4 is 5.32 Å². The van der Waals surface area contributed by atoms with E-state index in [0.29, 0.717) is 28.3 Å². The molecule has 30 heavy (non-hydrogen) atoms. The highest BCUT2D eigenvalue weighted by molar-refractivity contribution is 6.07. The quantitative estimate of drug-likeness (QED) is 0.424. The third kappa shape index (κ3) is 3.08. The Labute approximate surface area is 170 Å². The fraction of sp³-hybridized carbons (Fsp3) is 0. The molecule has 0 aliphatic rings. The topological polar surface area (TPSA) is 46.4 Å². The van der Waals surface area contributed by atoms with Crippen molar-refractivity contribution in [3.05, 3.63) is 102 Å². The highest BCUT2D eigenvalue weighted by Gasteiger charge is 2.18. The van der Waals surface area contributed by atoms with Gasteiger partial charge in [0.25, 0.3) is 5.91 Å². The number of rotatable bonds is 3. The summed E-state index contributed by atoms with van der Waals surface area (Å²) in [6, 6.07) is 22.1. The van der Waals surface area contributed by atoms with Gasteiger partial charge in [-0.3, -0.25) is 9.20 Å². The minimum Gasteiger partial charge on any atom is -0.306 e. The molecule has 5 aromatic rings. The second-order valence-corrected chi connectivity index (χ2v) is 6.88. The average Bonchev–Trinajstić information content (AvgIpc) is 3.13. The number of aromatic nitrogens is 2. The summed E-state index contributed by atoms with van der Waals surface area (Å²) >= 11 is 0. The van der Waals surface area contributed by atoms with Crippen LogP contribution in [0.2, 0.25) is 0 Å². The number of amides is 1. The van der Waals surface area contributed by atoms with Gasteiger partial charge in [-0.25, -0.2) is 13.8 Å². The van der Waals surface area contributed by atoms with Crippen LogP contribution in [-0.4, -0.2) is 15.3 Å². The van der Waals surface area contributed by atoms with E-state index in [1.807, 2.05) is 42.5 Å². The van der Waals surface area contributed by atoms with Gasteiger partial charge in [0.1, 0.15) is 17.2 Å². The van der Waals surface area contributed by atoms with Gasteiger partial charge in [0.2, 0.25) is 0 Å². The molecule has 0 radical (unpaired) electrons. The van der Waals surface area contributed by atoms with Crippen LogP contribution in [0.25, 0.3) is 27.7 Å². The Hall–Kier alpha value is -4.06. The number of pyridine rings is 1. The first kappa shape index (κ1) is 18.0. The van der Waals surface area contributed by atoms with E-state index in [4.69, 9.17) is 0 Å². The molecule has 5 rings (SSSR count). The third-order valence-electron chi connectivity index (χ3n) is 4.97. The number of nitrogens with zero attached hydrogens (tertiary/aromatic N) is 2. The summed E-state index contributed by atoms with van der Waals surface area (Å²) < 4.78 is 28.9. The molecule has 0 aliphatic carbocycles. The van der Waals surface area contributed by atoms with Gasteiger partial charge in [-0.2, -0.15) is 0 Å². The Balaban J connectivity index is 1.60. The van der Waals surface area contributed by atoms with E-state index < -0.39 is 11.6 Å². The van der Waals surface area contributed by atoms with E-state index in [-0.39, 0.29) is 5.91 Å². The lowest BCUT2D eigenvalue weighted by molar-refractivity contribution is 0.102. The van der Waals surface area contributed by atoms with Gasteiger partial charge >= 0.3 is 0 Å². The Morgan fingerprint density at radius 2 is 1.63 bits per heavy atom. The average molecular weight is 399 g/mol. The van der Waals surface area contributed by atoms with Gasteiger partial charge in [-0.05, 0) is 53.2 Å². The number of imidazole rings is 1. The highest BCUT2D eigenvalue weighted by atomic mass is 19.2. The largest absolute Gasteiger partial charge is 0.306 e. The van der Waals surface area contributed by atoms with Crippen LogP contribution in [0.3, 0.4) is 0 Å². The molecule has 0 fully saturated rings. The van der Waals surface area contributed by atoms with Gasteiger partial charge in [-0.15, -0.1) is 0 Å². The normalized spacial score (nSPS) is 11.1. The second kappa shape index (κ2) is 7.08. The number of carbonyl (C=O) groups is 1. The Morgan fingerprint density at radius 3 is 2.47 bits per heavy atom.